The van der Waals surface area contributed by atoms with Crippen LogP contribution < -0.4 is 4.74 Å². The van der Waals surface area contributed by atoms with Gasteiger partial charge in [0, 0.05) is 12.3 Å². The molecule has 1 heterocycles. The first-order valence-corrected chi connectivity index (χ1v) is 3.37. The molecule has 0 unspecified atom stereocenters. The maximum Gasteiger partial charge on any atom is 0.213 e. The third-order valence-electron chi connectivity index (χ3n) is 0.994. The van der Waals surface area contributed by atoms with Crippen molar-refractivity contribution in [2.45, 2.75) is 20.0 Å². The normalized spacial score (nSPS) is 9.90. The second-order valence-electron chi connectivity index (χ2n) is 2.33. The minimum absolute atomic E-state index is 0.204. The predicted octanol–water partition coefficient (Wildman–Crippen LogP) is 1.87. The van der Waals surface area contributed by atoms with Gasteiger partial charge >= 0.3 is 0 Å². The Labute approximate surface area is 60.9 Å². The lowest BCUT2D eigenvalue weighted by atomic mass is 10.4. The molecule has 0 fully saturated rings. The van der Waals surface area contributed by atoms with E-state index < -0.39 is 0 Å². The summed E-state index contributed by atoms with van der Waals surface area (Å²) in [7, 11) is 0. The molecule has 1 aromatic heterocycles. The first kappa shape index (κ1) is 7.06. The Morgan fingerprint density at radius 2 is 2.20 bits per heavy atom. The van der Waals surface area contributed by atoms with Crippen LogP contribution in [0.3, 0.4) is 0 Å². The Kier molecular flexibility index (Phi) is 2.26. The van der Waals surface area contributed by atoms with Gasteiger partial charge in [0.1, 0.15) is 0 Å². The molecule has 54 valence electrons. The van der Waals surface area contributed by atoms with E-state index in [-0.39, 0.29) is 6.10 Å². The fourth-order valence-electron chi connectivity index (χ4n) is 0.658. The van der Waals surface area contributed by atoms with Crippen molar-refractivity contribution >= 4 is 0 Å². The van der Waals surface area contributed by atoms with Gasteiger partial charge in [0.25, 0.3) is 0 Å². The van der Waals surface area contributed by atoms with Crippen LogP contribution in [0.15, 0.2) is 24.4 Å². The van der Waals surface area contributed by atoms with Crippen molar-refractivity contribution in [3.8, 4) is 5.88 Å². The summed E-state index contributed by atoms with van der Waals surface area (Å²) in [5, 5.41) is 0. The third-order valence-corrected chi connectivity index (χ3v) is 0.994. The first-order chi connectivity index (χ1) is 4.79. The Balaban J connectivity index is 2.59. The molecule has 0 aliphatic heterocycles. The average molecular weight is 137 g/mol. The van der Waals surface area contributed by atoms with Crippen molar-refractivity contribution in [1.82, 2.24) is 4.98 Å². The summed E-state index contributed by atoms with van der Waals surface area (Å²) < 4.78 is 5.30. The highest BCUT2D eigenvalue weighted by Crippen LogP contribution is 2.04. The van der Waals surface area contributed by atoms with E-state index in [9.17, 15) is 0 Å². The molecule has 0 aliphatic rings. The number of aromatic nitrogens is 1. The van der Waals surface area contributed by atoms with Crippen molar-refractivity contribution in [3.63, 3.8) is 0 Å². The Bertz CT molecular complexity index is 184. The summed E-state index contributed by atoms with van der Waals surface area (Å²) in [5.41, 5.74) is 0. The molecule has 0 aliphatic carbocycles. The smallest absolute Gasteiger partial charge is 0.213 e. The SMILES string of the molecule is CC(C)Oc1ccccn1. The summed E-state index contributed by atoms with van der Waals surface area (Å²) in [6.07, 6.45) is 1.92. The molecule has 2 nitrogen and oxygen atoms in total. The number of ether oxygens (including phenoxy) is 1. The zero-order chi connectivity index (χ0) is 7.40. The first-order valence-electron chi connectivity index (χ1n) is 3.37. The number of pyridine rings is 1. The van der Waals surface area contributed by atoms with E-state index in [1.165, 1.54) is 0 Å². The van der Waals surface area contributed by atoms with Crippen molar-refractivity contribution < 1.29 is 4.74 Å². The van der Waals surface area contributed by atoms with Crippen LogP contribution in [0.2, 0.25) is 0 Å². The molecule has 0 N–H and O–H groups in total. The number of hydrogen-bond donors (Lipinski definition) is 0. The molecule has 1 aromatic rings. The van der Waals surface area contributed by atoms with Gasteiger partial charge in [-0.25, -0.2) is 4.98 Å². The van der Waals surface area contributed by atoms with Gasteiger partial charge in [0.2, 0.25) is 5.88 Å². The van der Waals surface area contributed by atoms with Crippen LogP contribution in [-0.2, 0) is 0 Å². The maximum atomic E-state index is 5.30. The van der Waals surface area contributed by atoms with Crippen LogP contribution in [0.5, 0.6) is 5.88 Å². The predicted molar refractivity (Wildman–Crippen MR) is 40.0 cm³/mol. The largest absolute Gasteiger partial charge is 0.475 e. The van der Waals surface area contributed by atoms with Crippen LogP contribution in [0.25, 0.3) is 0 Å². The monoisotopic (exact) mass is 137 g/mol. The van der Waals surface area contributed by atoms with Crippen molar-refractivity contribution in [2.75, 3.05) is 0 Å². The van der Waals surface area contributed by atoms with Crippen LogP contribution in [0, 0.1) is 0 Å². The van der Waals surface area contributed by atoms with E-state index >= 15 is 0 Å². The molecule has 0 atom stereocenters. The van der Waals surface area contributed by atoms with Crippen molar-refractivity contribution in [1.29, 1.82) is 0 Å². The van der Waals surface area contributed by atoms with Crippen molar-refractivity contribution in [3.05, 3.63) is 24.4 Å². The van der Waals surface area contributed by atoms with E-state index in [1.54, 1.807) is 6.20 Å². The topological polar surface area (TPSA) is 22.1 Å². The number of rotatable bonds is 2. The second-order valence-corrected chi connectivity index (χ2v) is 2.33. The quantitative estimate of drug-likeness (QED) is 0.620. The van der Waals surface area contributed by atoms with Crippen LogP contribution in [0.1, 0.15) is 13.8 Å². The summed E-state index contributed by atoms with van der Waals surface area (Å²) in [6.45, 7) is 3.96. The summed E-state index contributed by atoms with van der Waals surface area (Å²) in [6, 6.07) is 5.62. The van der Waals surface area contributed by atoms with E-state index in [4.69, 9.17) is 4.74 Å². The molecule has 0 spiro atoms. The summed E-state index contributed by atoms with van der Waals surface area (Å²) >= 11 is 0. The van der Waals surface area contributed by atoms with Crippen LogP contribution in [-0.4, -0.2) is 11.1 Å². The molecule has 0 radical (unpaired) electrons. The standard InChI is InChI=1S/C8H11NO/c1-7(2)10-8-5-3-4-6-9-8/h3-7H,1-2H3. The van der Waals surface area contributed by atoms with E-state index in [1.807, 2.05) is 32.0 Å². The molecule has 1 rings (SSSR count). The minimum atomic E-state index is 0.204. The molecule has 0 saturated heterocycles. The van der Waals surface area contributed by atoms with Gasteiger partial charge in [-0.2, -0.15) is 0 Å². The minimum Gasteiger partial charge on any atom is -0.475 e. The summed E-state index contributed by atoms with van der Waals surface area (Å²) in [4.78, 5) is 4.00. The van der Waals surface area contributed by atoms with Gasteiger partial charge in [0.15, 0.2) is 0 Å². The lowest BCUT2D eigenvalue weighted by Gasteiger charge is -2.06. The molecule has 0 saturated carbocycles. The lowest BCUT2D eigenvalue weighted by molar-refractivity contribution is 0.232. The van der Waals surface area contributed by atoms with Gasteiger partial charge < -0.3 is 4.74 Å². The maximum absolute atomic E-state index is 5.30. The molecular weight excluding hydrogens is 126 g/mol. The fourth-order valence-corrected chi connectivity index (χ4v) is 0.658. The zero-order valence-electron chi connectivity index (χ0n) is 6.24. The number of hydrogen-bond acceptors (Lipinski definition) is 2. The molecular formula is C8H11NO. The Hall–Kier alpha value is -1.05. The van der Waals surface area contributed by atoms with Crippen LogP contribution in [0.4, 0.5) is 0 Å². The Morgan fingerprint density at radius 3 is 2.70 bits per heavy atom. The number of nitrogens with zero attached hydrogens (tertiary/aromatic N) is 1. The third kappa shape index (κ3) is 2.05. The van der Waals surface area contributed by atoms with Gasteiger partial charge in [-0.05, 0) is 19.9 Å². The molecule has 0 bridgehead atoms. The van der Waals surface area contributed by atoms with Crippen LogP contribution >= 0.6 is 0 Å². The Morgan fingerprint density at radius 1 is 1.40 bits per heavy atom. The average Bonchev–Trinajstić information content (AvgIpc) is 1.88. The highest BCUT2D eigenvalue weighted by molar-refractivity contribution is 5.09. The van der Waals surface area contributed by atoms with E-state index in [2.05, 4.69) is 4.98 Å². The molecule has 10 heavy (non-hydrogen) atoms. The molecule has 0 aromatic carbocycles. The van der Waals surface area contributed by atoms with E-state index in [0.717, 1.165) is 0 Å². The second kappa shape index (κ2) is 3.20. The van der Waals surface area contributed by atoms with Gasteiger partial charge in [0.05, 0.1) is 6.10 Å². The zero-order valence-corrected chi connectivity index (χ0v) is 6.24. The lowest BCUT2D eigenvalue weighted by Crippen LogP contribution is -2.06. The highest BCUT2D eigenvalue weighted by atomic mass is 16.5. The fraction of sp³-hybridized carbons (Fsp3) is 0.375. The molecule has 0 amide bonds. The highest BCUT2D eigenvalue weighted by Gasteiger charge is 1.94. The molecule has 2 heteroatoms. The van der Waals surface area contributed by atoms with E-state index in [0.29, 0.717) is 5.88 Å². The van der Waals surface area contributed by atoms with Gasteiger partial charge in [-0.3, -0.25) is 0 Å². The van der Waals surface area contributed by atoms with Crippen molar-refractivity contribution in [2.24, 2.45) is 0 Å². The summed E-state index contributed by atoms with van der Waals surface area (Å²) in [5.74, 6) is 0.692. The van der Waals surface area contributed by atoms with Gasteiger partial charge in [-0.1, -0.05) is 6.07 Å². The van der Waals surface area contributed by atoms with Gasteiger partial charge in [-0.15, -0.1) is 0 Å².